The molecule has 0 amide bonds. The molecule has 0 saturated heterocycles. The van der Waals surface area contributed by atoms with Gasteiger partial charge in [-0.05, 0) is 46.6 Å². The fraction of sp³-hybridized carbons (Fsp3) is 0.100. The zero-order valence-corrected chi connectivity index (χ0v) is 11.3. The van der Waals surface area contributed by atoms with Gasteiger partial charge in [-0.25, -0.2) is 0 Å². The molecule has 17 heavy (non-hydrogen) atoms. The number of halogens is 1. The molecule has 0 aliphatic carbocycles. The van der Waals surface area contributed by atoms with E-state index in [0.29, 0.717) is 10.2 Å². The summed E-state index contributed by atoms with van der Waals surface area (Å²) >= 11 is 3.29. The zero-order chi connectivity index (χ0) is 12.5. The van der Waals surface area contributed by atoms with Crippen LogP contribution in [0.3, 0.4) is 0 Å². The lowest BCUT2D eigenvalue weighted by molar-refractivity contribution is 0.597. The van der Waals surface area contributed by atoms with Gasteiger partial charge in [0.25, 0.3) is 10.0 Å². The smallest absolute Gasteiger partial charge is 0.277 e. The summed E-state index contributed by atoms with van der Waals surface area (Å²) in [6.07, 6.45) is 1.39. The fourth-order valence-corrected chi connectivity index (χ4v) is 2.77. The lowest BCUT2D eigenvalue weighted by atomic mass is 10.2. The van der Waals surface area contributed by atoms with Crippen LogP contribution in [0.5, 0.6) is 0 Å². The number of aryl methyl sites for hydroxylation is 1. The molecule has 1 heterocycles. The second-order valence-corrected chi connectivity index (χ2v) is 6.01. The Labute approximate surface area is 107 Å². The van der Waals surface area contributed by atoms with E-state index in [-0.39, 0.29) is 5.03 Å². The first-order valence-electron chi connectivity index (χ1n) is 4.77. The van der Waals surface area contributed by atoms with Crippen LogP contribution < -0.4 is 4.72 Å². The summed E-state index contributed by atoms with van der Waals surface area (Å²) in [5, 5.41) is 6.06. The maximum Gasteiger partial charge on any atom is 0.278 e. The number of nitrogens with one attached hydrogen (secondary N) is 2. The molecule has 1 aromatic carbocycles. The zero-order valence-electron chi connectivity index (χ0n) is 8.94. The summed E-state index contributed by atoms with van der Waals surface area (Å²) in [5.41, 5.74) is 1.47. The van der Waals surface area contributed by atoms with Crippen molar-refractivity contribution in [3.63, 3.8) is 0 Å². The molecule has 0 radical (unpaired) electrons. The summed E-state index contributed by atoms with van der Waals surface area (Å²) < 4.78 is 27.0. The monoisotopic (exact) mass is 315 g/mol. The van der Waals surface area contributed by atoms with Crippen LogP contribution in [-0.4, -0.2) is 18.6 Å². The minimum Gasteiger partial charge on any atom is -0.277 e. The predicted octanol–water partition coefficient (Wildman–Crippen LogP) is 2.28. The van der Waals surface area contributed by atoms with Crippen molar-refractivity contribution in [1.29, 1.82) is 0 Å². The molecule has 0 saturated carbocycles. The molecule has 0 aliphatic heterocycles. The normalized spacial score (nSPS) is 11.4. The van der Waals surface area contributed by atoms with Gasteiger partial charge in [0, 0.05) is 4.47 Å². The number of hydrogen-bond acceptors (Lipinski definition) is 3. The van der Waals surface area contributed by atoms with E-state index < -0.39 is 10.0 Å². The van der Waals surface area contributed by atoms with Crippen LogP contribution in [0.25, 0.3) is 0 Å². The van der Waals surface area contributed by atoms with Crippen LogP contribution in [0.2, 0.25) is 0 Å². The molecule has 1 aromatic heterocycles. The summed E-state index contributed by atoms with van der Waals surface area (Å²) in [4.78, 5) is 0. The highest BCUT2D eigenvalue weighted by atomic mass is 79.9. The van der Waals surface area contributed by atoms with Crippen molar-refractivity contribution in [3.05, 3.63) is 40.5 Å². The molecular weight excluding hydrogens is 306 g/mol. The van der Waals surface area contributed by atoms with Crippen molar-refractivity contribution in [2.45, 2.75) is 11.9 Å². The van der Waals surface area contributed by atoms with Gasteiger partial charge in [0.05, 0.1) is 11.9 Å². The fourth-order valence-electron chi connectivity index (χ4n) is 1.31. The molecule has 2 aromatic rings. The van der Waals surface area contributed by atoms with Crippen LogP contribution in [0.4, 0.5) is 5.69 Å². The Hall–Kier alpha value is -1.34. The van der Waals surface area contributed by atoms with E-state index in [1.165, 1.54) is 12.3 Å². The van der Waals surface area contributed by atoms with Gasteiger partial charge in [-0.15, -0.1) is 0 Å². The lowest BCUT2D eigenvalue weighted by Gasteiger charge is -2.08. The third kappa shape index (κ3) is 2.67. The molecular formula is C10H10BrN3O2S. The summed E-state index contributed by atoms with van der Waals surface area (Å²) in [7, 11) is -3.61. The number of rotatable bonds is 3. The maximum absolute atomic E-state index is 11.9. The van der Waals surface area contributed by atoms with Crippen molar-refractivity contribution >= 4 is 31.6 Å². The molecule has 90 valence electrons. The van der Waals surface area contributed by atoms with Crippen LogP contribution in [0, 0.1) is 6.92 Å². The van der Waals surface area contributed by atoms with Gasteiger partial charge in [0.2, 0.25) is 0 Å². The van der Waals surface area contributed by atoms with Gasteiger partial charge >= 0.3 is 0 Å². The highest BCUT2D eigenvalue weighted by Gasteiger charge is 2.16. The molecule has 5 nitrogen and oxygen atoms in total. The number of aromatic amines is 1. The number of aromatic nitrogens is 2. The average Bonchev–Trinajstić information content (AvgIpc) is 2.77. The summed E-state index contributed by atoms with van der Waals surface area (Å²) in [6, 6.07) is 6.82. The van der Waals surface area contributed by atoms with E-state index in [9.17, 15) is 8.42 Å². The number of hydrogen-bond donors (Lipinski definition) is 2. The third-order valence-corrected chi connectivity index (χ3v) is 4.12. The van der Waals surface area contributed by atoms with Gasteiger partial charge in [-0.2, -0.15) is 13.5 Å². The summed E-state index contributed by atoms with van der Waals surface area (Å²) in [5.74, 6) is 0. The Balaban J connectivity index is 2.36. The van der Waals surface area contributed by atoms with Gasteiger partial charge in [0.15, 0.2) is 5.03 Å². The van der Waals surface area contributed by atoms with Gasteiger partial charge in [-0.3, -0.25) is 9.82 Å². The number of nitrogens with zero attached hydrogens (tertiary/aromatic N) is 1. The number of anilines is 1. The first-order chi connectivity index (χ1) is 7.99. The SMILES string of the molecule is Cc1ccc(Br)c(NS(=O)(=O)c2ccn[nH]2)c1. The molecule has 2 rings (SSSR count). The average molecular weight is 316 g/mol. The molecule has 0 atom stereocenters. The molecule has 0 unspecified atom stereocenters. The largest absolute Gasteiger partial charge is 0.278 e. The van der Waals surface area contributed by atoms with Crippen LogP contribution in [-0.2, 0) is 10.0 Å². The third-order valence-electron chi connectivity index (χ3n) is 2.13. The number of sulfonamides is 1. The Morgan fingerprint density at radius 1 is 1.35 bits per heavy atom. The number of H-pyrrole nitrogens is 1. The lowest BCUT2D eigenvalue weighted by Crippen LogP contribution is -2.13. The summed E-state index contributed by atoms with van der Waals surface area (Å²) in [6.45, 7) is 1.89. The van der Waals surface area contributed by atoms with Gasteiger partial charge < -0.3 is 0 Å². The molecule has 7 heteroatoms. The molecule has 0 bridgehead atoms. The first-order valence-corrected chi connectivity index (χ1v) is 7.05. The van der Waals surface area contributed by atoms with E-state index in [2.05, 4.69) is 30.8 Å². The van der Waals surface area contributed by atoms with E-state index in [4.69, 9.17) is 0 Å². The van der Waals surface area contributed by atoms with Crippen molar-refractivity contribution in [2.75, 3.05) is 4.72 Å². The Bertz CT molecular complexity index is 623. The second kappa shape index (κ2) is 4.50. The van der Waals surface area contributed by atoms with Crippen molar-refractivity contribution in [2.24, 2.45) is 0 Å². The van der Waals surface area contributed by atoms with E-state index >= 15 is 0 Å². The minimum atomic E-state index is -3.61. The number of benzene rings is 1. The van der Waals surface area contributed by atoms with Gasteiger partial charge in [0.1, 0.15) is 0 Å². The van der Waals surface area contributed by atoms with Crippen molar-refractivity contribution in [1.82, 2.24) is 10.2 Å². The molecule has 0 fully saturated rings. The van der Waals surface area contributed by atoms with E-state index in [1.54, 1.807) is 12.1 Å². The highest BCUT2D eigenvalue weighted by Crippen LogP contribution is 2.25. The van der Waals surface area contributed by atoms with Crippen LogP contribution in [0.1, 0.15) is 5.56 Å². The molecule has 2 N–H and O–H groups in total. The second-order valence-electron chi connectivity index (χ2n) is 3.51. The minimum absolute atomic E-state index is 0.0332. The van der Waals surface area contributed by atoms with Crippen LogP contribution >= 0.6 is 15.9 Å². The standard InChI is InChI=1S/C10H10BrN3O2S/c1-7-2-3-8(11)9(6-7)14-17(15,16)10-4-5-12-13-10/h2-6,14H,1H3,(H,12,13). The Morgan fingerprint density at radius 3 is 2.76 bits per heavy atom. The Kier molecular flexibility index (Phi) is 3.21. The predicted molar refractivity (Wildman–Crippen MR) is 68.3 cm³/mol. The Morgan fingerprint density at radius 2 is 2.12 bits per heavy atom. The van der Waals surface area contributed by atoms with Gasteiger partial charge in [-0.1, -0.05) is 6.07 Å². The topological polar surface area (TPSA) is 74.8 Å². The quantitative estimate of drug-likeness (QED) is 0.912. The van der Waals surface area contributed by atoms with E-state index in [0.717, 1.165) is 5.56 Å². The van der Waals surface area contributed by atoms with Crippen molar-refractivity contribution in [3.8, 4) is 0 Å². The van der Waals surface area contributed by atoms with Crippen LogP contribution in [0.15, 0.2) is 40.0 Å². The maximum atomic E-state index is 11.9. The first kappa shape index (κ1) is 12.1. The van der Waals surface area contributed by atoms with E-state index in [1.807, 2.05) is 13.0 Å². The molecule has 0 spiro atoms. The molecule has 0 aliphatic rings. The highest BCUT2D eigenvalue weighted by molar-refractivity contribution is 9.10. The van der Waals surface area contributed by atoms with Crippen molar-refractivity contribution < 1.29 is 8.42 Å².